The van der Waals surface area contributed by atoms with E-state index in [9.17, 15) is 4.79 Å². The smallest absolute Gasteiger partial charge is 0.311 e. The van der Waals surface area contributed by atoms with Crippen molar-refractivity contribution in [3.05, 3.63) is 0 Å². The van der Waals surface area contributed by atoms with Crippen LogP contribution in [-0.2, 0) is 14.3 Å². The van der Waals surface area contributed by atoms with E-state index in [-0.39, 0.29) is 11.4 Å². The topological polar surface area (TPSA) is 35.5 Å². The fourth-order valence-corrected chi connectivity index (χ4v) is 1.52. The molecule has 0 aliphatic carbocycles. The lowest BCUT2D eigenvalue weighted by Gasteiger charge is -2.49. The summed E-state index contributed by atoms with van der Waals surface area (Å²) in [6.07, 6.45) is 0. The molecule has 3 heteroatoms. The van der Waals surface area contributed by atoms with Crippen molar-refractivity contribution >= 4 is 5.97 Å². The van der Waals surface area contributed by atoms with Crippen LogP contribution in [0.15, 0.2) is 0 Å². The first-order valence-corrected chi connectivity index (χ1v) is 5.18. The van der Waals surface area contributed by atoms with Gasteiger partial charge in [0.2, 0.25) is 0 Å². The van der Waals surface area contributed by atoms with Crippen molar-refractivity contribution in [1.82, 2.24) is 0 Å². The van der Waals surface area contributed by atoms with E-state index in [4.69, 9.17) is 9.47 Å². The zero-order chi connectivity index (χ0) is 12.5. The van der Waals surface area contributed by atoms with Gasteiger partial charge in [0.05, 0.1) is 18.1 Å². The Morgan fingerprint density at radius 2 is 1.33 bits per heavy atom. The van der Waals surface area contributed by atoms with Crippen LogP contribution in [0.1, 0.15) is 41.5 Å². The second kappa shape index (κ2) is 4.12. The largest absolute Gasteiger partial charge is 0.469 e. The van der Waals surface area contributed by atoms with Crippen LogP contribution < -0.4 is 0 Å². The van der Waals surface area contributed by atoms with E-state index in [2.05, 4.69) is 0 Å². The molecule has 0 aromatic rings. The monoisotopic (exact) mass is 216 g/mol. The van der Waals surface area contributed by atoms with E-state index >= 15 is 0 Å². The summed E-state index contributed by atoms with van der Waals surface area (Å²) < 4.78 is 10.3. The lowest BCUT2D eigenvalue weighted by Crippen LogP contribution is -2.53. The molecule has 0 heterocycles. The zero-order valence-corrected chi connectivity index (χ0v) is 11.2. The highest BCUT2D eigenvalue weighted by atomic mass is 16.5. The van der Waals surface area contributed by atoms with Crippen molar-refractivity contribution < 1.29 is 14.3 Å². The Bertz CT molecular complexity index is 239. The summed E-state index contributed by atoms with van der Waals surface area (Å²) in [5.41, 5.74) is -1.33. The molecule has 0 aromatic carbocycles. The minimum atomic E-state index is -0.596. The SMILES string of the molecule is COC(=O)C(C)(C)C(C)(C)C(C)(C)OC. The van der Waals surface area contributed by atoms with Crippen molar-refractivity contribution in [1.29, 1.82) is 0 Å². The van der Waals surface area contributed by atoms with E-state index in [0.717, 1.165) is 0 Å². The molecule has 0 saturated heterocycles. The first kappa shape index (κ1) is 14.4. The normalized spacial score (nSPS) is 13.9. The van der Waals surface area contributed by atoms with Crippen LogP contribution in [0, 0.1) is 10.8 Å². The number of carbonyl (C=O) groups excluding carboxylic acids is 1. The Labute approximate surface area is 93.1 Å². The first-order valence-electron chi connectivity index (χ1n) is 5.18. The third-order valence-electron chi connectivity index (χ3n) is 4.27. The number of methoxy groups -OCH3 is 2. The molecule has 0 rings (SSSR count). The molecule has 0 aliphatic heterocycles. The maximum absolute atomic E-state index is 11.8. The highest BCUT2D eigenvalue weighted by Crippen LogP contribution is 2.48. The van der Waals surface area contributed by atoms with Gasteiger partial charge >= 0.3 is 5.97 Å². The van der Waals surface area contributed by atoms with E-state index in [1.165, 1.54) is 7.11 Å². The van der Waals surface area contributed by atoms with Crippen LogP contribution in [0.2, 0.25) is 0 Å². The fourth-order valence-electron chi connectivity index (χ4n) is 1.52. The van der Waals surface area contributed by atoms with Crippen molar-refractivity contribution in [2.24, 2.45) is 10.8 Å². The van der Waals surface area contributed by atoms with Crippen LogP contribution in [0.25, 0.3) is 0 Å². The van der Waals surface area contributed by atoms with Gasteiger partial charge in [0.25, 0.3) is 0 Å². The number of rotatable bonds is 4. The van der Waals surface area contributed by atoms with Gasteiger partial charge < -0.3 is 9.47 Å². The number of esters is 1. The van der Waals surface area contributed by atoms with E-state index in [1.54, 1.807) is 7.11 Å². The fraction of sp³-hybridized carbons (Fsp3) is 0.917. The molecule has 0 radical (unpaired) electrons. The molecule has 0 unspecified atom stereocenters. The van der Waals surface area contributed by atoms with Crippen LogP contribution in [0.3, 0.4) is 0 Å². The lowest BCUT2D eigenvalue weighted by atomic mass is 9.60. The molecule has 0 amide bonds. The van der Waals surface area contributed by atoms with Crippen molar-refractivity contribution in [2.75, 3.05) is 14.2 Å². The maximum Gasteiger partial charge on any atom is 0.311 e. The molecule has 0 N–H and O–H groups in total. The Hall–Kier alpha value is -0.570. The van der Waals surface area contributed by atoms with Crippen molar-refractivity contribution in [3.8, 4) is 0 Å². The van der Waals surface area contributed by atoms with Crippen molar-refractivity contribution in [2.45, 2.75) is 47.1 Å². The van der Waals surface area contributed by atoms with Gasteiger partial charge in [-0.15, -0.1) is 0 Å². The lowest BCUT2D eigenvalue weighted by molar-refractivity contribution is -0.176. The van der Waals surface area contributed by atoms with Crippen molar-refractivity contribution in [3.63, 3.8) is 0 Å². The third-order valence-corrected chi connectivity index (χ3v) is 4.27. The summed E-state index contributed by atoms with van der Waals surface area (Å²) in [7, 11) is 3.08. The summed E-state index contributed by atoms with van der Waals surface area (Å²) in [5.74, 6) is -0.211. The molecule has 0 aromatic heterocycles. The Kier molecular flexibility index (Phi) is 3.97. The highest BCUT2D eigenvalue weighted by molar-refractivity contribution is 5.77. The van der Waals surface area contributed by atoms with Crippen LogP contribution in [-0.4, -0.2) is 25.8 Å². The predicted octanol–water partition coefficient (Wildman–Crippen LogP) is 2.64. The summed E-state index contributed by atoms with van der Waals surface area (Å²) in [6.45, 7) is 11.8. The number of ether oxygens (including phenoxy) is 2. The minimum absolute atomic E-state index is 0.211. The Balaban J connectivity index is 5.27. The molecule has 0 bridgehead atoms. The summed E-state index contributed by atoms with van der Waals surface area (Å²) in [5, 5.41) is 0. The molecule has 0 saturated carbocycles. The molecule has 15 heavy (non-hydrogen) atoms. The van der Waals surface area contributed by atoms with Gasteiger partial charge in [0.15, 0.2) is 0 Å². The Morgan fingerprint density at radius 1 is 0.933 bits per heavy atom. The molecule has 0 atom stereocenters. The van der Waals surface area contributed by atoms with E-state index in [1.807, 2.05) is 41.5 Å². The average molecular weight is 216 g/mol. The van der Waals surface area contributed by atoms with Gasteiger partial charge in [-0.2, -0.15) is 0 Å². The third kappa shape index (κ3) is 2.17. The van der Waals surface area contributed by atoms with E-state index < -0.39 is 11.0 Å². The Morgan fingerprint density at radius 3 is 1.60 bits per heavy atom. The zero-order valence-electron chi connectivity index (χ0n) is 11.2. The molecular formula is C12H24O3. The minimum Gasteiger partial charge on any atom is -0.469 e. The van der Waals surface area contributed by atoms with Gasteiger partial charge in [-0.25, -0.2) is 0 Å². The molecule has 90 valence electrons. The molecule has 3 nitrogen and oxygen atoms in total. The highest BCUT2D eigenvalue weighted by Gasteiger charge is 2.53. The van der Waals surface area contributed by atoms with Crippen LogP contribution in [0.5, 0.6) is 0 Å². The number of hydrogen-bond acceptors (Lipinski definition) is 3. The first-order chi connectivity index (χ1) is 6.54. The van der Waals surface area contributed by atoms with Gasteiger partial charge in [-0.05, 0) is 27.7 Å². The number of hydrogen-bond donors (Lipinski definition) is 0. The van der Waals surface area contributed by atoms with E-state index in [0.29, 0.717) is 0 Å². The predicted molar refractivity (Wildman–Crippen MR) is 60.7 cm³/mol. The second-order valence-electron chi connectivity index (χ2n) is 5.46. The summed E-state index contributed by atoms with van der Waals surface area (Å²) in [4.78, 5) is 11.8. The maximum atomic E-state index is 11.8. The summed E-state index contributed by atoms with van der Waals surface area (Å²) in [6, 6.07) is 0. The number of carbonyl (C=O) groups is 1. The molecular weight excluding hydrogens is 192 g/mol. The van der Waals surface area contributed by atoms with Gasteiger partial charge in [0, 0.05) is 12.5 Å². The second-order valence-corrected chi connectivity index (χ2v) is 5.46. The average Bonchev–Trinajstić information content (AvgIpc) is 2.15. The standard InChI is InChI=1S/C12H24O3/c1-10(2,9(13)14-7)11(3,4)12(5,6)15-8/h1-8H3. The van der Waals surface area contributed by atoms with Gasteiger partial charge in [-0.3, -0.25) is 4.79 Å². The summed E-state index contributed by atoms with van der Waals surface area (Å²) >= 11 is 0. The van der Waals surface area contributed by atoms with Crippen LogP contribution >= 0.6 is 0 Å². The molecule has 0 aliphatic rings. The molecule has 0 fully saturated rings. The van der Waals surface area contributed by atoms with Gasteiger partial charge in [-0.1, -0.05) is 13.8 Å². The van der Waals surface area contributed by atoms with Gasteiger partial charge in [0.1, 0.15) is 0 Å². The molecule has 0 spiro atoms. The quantitative estimate of drug-likeness (QED) is 0.678. The van der Waals surface area contributed by atoms with Crippen LogP contribution in [0.4, 0.5) is 0 Å².